The largest absolute Gasteiger partial charge is 0.465 e. The van der Waals surface area contributed by atoms with E-state index in [0.717, 1.165) is 87.9 Å². The van der Waals surface area contributed by atoms with Crippen LogP contribution in [0.25, 0.3) is 0 Å². The second-order valence-corrected chi connectivity index (χ2v) is 25.6. The van der Waals surface area contributed by atoms with Gasteiger partial charge in [-0.3, -0.25) is 19.2 Å². The Labute approximate surface area is 426 Å². The van der Waals surface area contributed by atoms with Gasteiger partial charge in [-0.25, -0.2) is 4.79 Å². The molecular weight excluding hydrogens is 883 g/mol. The van der Waals surface area contributed by atoms with E-state index in [4.69, 9.17) is 23.7 Å². The average Bonchev–Trinajstić information content (AvgIpc) is 3.32. The van der Waals surface area contributed by atoms with Crippen LogP contribution in [0.3, 0.4) is 0 Å². The second kappa shape index (κ2) is 30.4. The van der Waals surface area contributed by atoms with E-state index in [1.807, 2.05) is 27.7 Å². The normalized spacial score (nSPS) is 27.0. The van der Waals surface area contributed by atoms with Gasteiger partial charge in [0.15, 0.2) is 0 Å². The van der Waals surface area contributed by atoms with Crippen molar-refractivity contribution in [2.75, 3.05) is 39.5 Å². The van der Waals surface area contributed by atoms with E-state index < -0.39 is 28.5 Å². The molecule has 4 fully saturated rings. The molecule has 0 spiro atoms. The third-order valence-electron chi connectivity index (χ3n) is 17.0. The monoisotopic (exact) mass is 986 g/mol. The zero-order valence-corrected chi connectivity index (χ0v) is 46.2. The van der Waals surface area contributed by atoms with Crippen LogP contribution in [0, 0.1) is 58.2 Å². The van der Waals surface area contributed by atoms with E-state index in [-0.39, 0.29) is 63.8 Å². The van der Waals surface area contributed by atoms with Crippen LogP contribution in [0.5, 0.6) is 0 Å². The lowest BCUT2D eigenvalue weighted by molar-refractivity contribution is -0.155. The van der Waals surface area contributed by atoms with Crippen LogP contribution in [0.2, 0.25) is 0 Å². The maximum absolute atomic E-state index is 13.7. The Balaban J connectivity index is 1.33. The van der Waals surface area contributed by atoms with Crippen LogP contribution in [0.1, 0.15) is 242 Å². The first kappa shape index (κ1) is 59.7. The van der Waals surface area contributed by atoms with Crippen LogP contribution >= 0.6 is 0 Å². The molecule has 1 unspecified atom stereocenters. The highest BCUT2D eigenvalue weighted by Gasteiger charge is 2.33. The van der Waals surface area contributed by atoms with Gasteiger partial charge in [-0.1, -0.05) is 157 Å². The topological polar surface area (TPSA) is 135 Å². The van der Waals surface area contributed by atoms with Gasteiger partial charge in [-0.05, 0) is 107 Å². The summed E-state index contributed by atoms with van der Waals surface area (Å²) < 4.78 is 29.6. The van der Waals surface area contributed by atoms with E-state index in [2.05, 4.69) is 34.6 Å². The lowest BCUT2D eigenvalue weighted by Crippen LogP contribution is -2.40. The van der Waals surface area contributed by atoms with Gasteiger partial charge in [0.05, 0.1) is 32.8 Å². The van der Waals surface area contributed by atoms with Crippen LogP contribution < -0.4 is 0 Å². The predicted octanol–water partition coefficient (Wildman–Crippen LogP) is 14.4. The minimum Gasteiger partial charge on any atom is -0.465 e. The van der Waals surface area contributed by atoms with E-state index in [0.29, 0.717) is 55.8 Å². The summed E-state index contributed by atoms with van der Waals surface area (Å²) in [6.45, 7) is 19.7. The zero-order valence-electron chi connectivity index (χ0n) is 46.2. The zero-order chi connectivity index (χ0) is 51.2. The molecule has 0 aliphatic heterocycles. The van der Waals surface area contributed by atoms with Crippen molar-refractivity contribution < 1.29 is 47.7 Å². The second-order valence-electron chi connectivity index (χ2n) is 25.6. The molecule has 1 amide bonds. The molecule has 0 bridgehead atoms. The maximum Gasteiger partial charge on any atom is 0.410 e. The third kappa shape index (κ3) is 24.7. The first-order valence-electron chi connectivity index (χ1n) is 28.8. The number of hydrogen-bond acceptors (Lipinski definition) is 10. The molecule has 0 aromatic heterocycles. The minimum absolute atomic E-state index is 0.0261. The molecule has 1 atom stereocenters. The summed E-state index contributed by atoms with van der Waals surface area (Å²) in [5.41, 5.74) is -1.95. The fourth-order valence-corrected chi connectivity index (χ4v) is 11.5. The van der Waals surface area contributed by atoms with Crippen molar-refractivity contribution in [2.45, 2.75) is 248 Å². The number of ether oxygens (including phenoxy) is 5. The molecule has 4 rings (SSSR count). The summed E-state index contributed by atoms with van der Waals surface area (Å²) in [5, 5.41) is 0. The lowest BCUT2D eigenvalue weighted by atomic mass is 9.78. The molecule has 0 N–H and O–H groups in total. The summed E-state index contributed by atoms with van der Waals surface area (Å²) in [5.74, 6) is 4.43. The Kier molecular flexibility index (Phi) is 25.9. The molecule has 4 saturated carbocycles. The van der Waals surface area contributed by atoms with Gasteiger partial charge >= 0.3 is 30.0 Å². The fourth-order valence-electron chi connectivity index (χ4n) is 11.5. The number of nitrogens with zero attached hydrogens (tertiary/aromatic N) is 1. The maximum atomic E-state index is 13.7. The Morgan fingerprint density at radius 1 is 0.400 bits per heavy atom. The molecule has 0 aromatic carbocycles. The third-order valence-corrected chi connectivity index (χ3v) is 17.0. The van der Waals surface area contributed by atoms with Gasteiger partial charge in [0, 0.05) is 43.2 Å². The van der Waals surface area contributed by atoms with Gasteiger partial charge in [-0.2, -0.15) is 0 Å². The van der Waals surface area contributed by atoms with Crippen molar-refractivity contribution in [3.63, 3.8) is 0 Å². The van der Waals surface area contributed by atoms with Crippen molar-refractivity contribution in [2.24, 2.45) is 58.2 Å². The van der Waals surface area contributed by atoms with Crippen LogP contribution in [0.15, 0.2) is 0 Å². The fraction of sp³-hybridized carbons (Fsp3) is 0.915. The highest BCUT2D eigenvalue weighted by atomic mass is 16.6. The molecule has 0 heterocycles. The minimum atomic E-state index is -0.747. The average molecular weight is 986 g/mol. The van der Waals surface area contributed by atoms with E-state index in [1.165, 1.54) is 77.0 Å². The van der Waals surface area contributed by atoms with Gasteiger partial charge in [0.1, 0.15) is 5.60 Å². The smallest absolute Gasteiger partial charge is 0.410 e. The highest BCUT2D eigenvalue weighted by molar-refractivity contribution is 5.72. The molecule has 4 aliphatic rings. The number of amides is 1. The quantitative estimate of drug-likeness (QED) is 0.0551. The molecular formula is C59H103NO10. The van der Waals surface area contributed by atoms with Crippen LogP contribution in [-0.4, -0.2) is 80.0 Å². The summed E-state index contributed by atoms with van der Waals surface area (Å²) in [6.07, 6.45) is 26.4. The first-order valence-corrected chi connectivity index (χ1v) is 28.8. The molecule has 11 heteroatoms. The highest BCUT2D eigenvalue weighted by Crippen LogP contribution is 2.36. The standard InChI is InChI=1S/C59H103NO10/c1-44-13-21-48(22-14-44)12-10-36-58(8,40-66-52(61)32-29-49-23-15-45(2)16-24-49)41-69-55(64)35-39-60(56(65)70-57(5,6)7)38-11-37-59(9,42-67-53(62)33-30-50-25-17-46(3)18-26-50)43-68-54(63)34-31-51-27-19-47(4)20-28-51/h44-51H,10-43H2,1-9H3. The first-order chi connectivity index (χ1) is 33.2. The van der Waals surface area contributed by atoms with Crippen molar-refractivity contribution >= 4 is 30.0 Å². The Morgan fingerprint density at radius 2 is 0.700 bits per heavy atom. The predicted molar refractivity (Wildman–Crippen MR) is 278 cm³/mol. The summed E-state index contributed by atoms with van der Waals surface area (Å²) >= 11 is 0. The molecule has 0 radical (unpaired) electrons. The lowest BCUT2D eigenvalue weighted by Gasteiger charge is -2.32. The molecule has 70 heavy (non-hydrogen) atoms. The van der Waals surface area contributed by atoms with Gasteiger partial charge in [0.25, 0.3) is 0 Å². The van der Waals surface area contributed by atoms with Gasteiger partial charge in [0.2, 0.25) is 0 Å². The Morgan fingerprint density at radius 3 is 1.03 bits per heavy atom. The Bertz CT molecular complexity index is 1500. The number of carbonyl (C=O) groups is 5. The van der Waals surface area contributed by atoms with Crippen LogP contribution in [0.4, 0.5) is 4.79 Å². The molecule has 4 aliphatic carbocycles. The number of carbonyl (C=O) groups excluding carboxylic acids is 5. The number of esters is 4. The van der Waals surface area contributed by atoms with Gasteiger partial charge < -0.3 is 28.6 Å². The summed E-state index contributed by atoms with van der Waals surface area (Å²) in [4.78, 5) is 68.1. The SMILES string of the molecule is CC1CCC(CCCC(C)(COC(=O)CCC2CCC(C)CC2)COC(=O)CCN(CCCC(C)(COC(=O)CCC2CCC(C)CC2)COC(=O)CCC2CCC(C)CC2)C(=O)OC(C)(C)C)CC1. The molecule has 0 aromatic rings. The van der Waals surface area contributed by atoms with Crippen molar-refractivity contribution in [1.82, 2.24) is 4.90 Å². The van der Waals surface area contributed by atoms with Crippen molar-refractivity contribution in [3.8, 4) is 0 Å². The molecule has 11 nitrogen and oxygen atoms in total. The molecule has 404 valence electrons. The van der Waals surface area contributed by atoms with E-state index in [1.54, 1.807) is 4.90 Å². The Hall–Kier alpha value is -2.85. The summed E-state index contributed by atoms with van der Waals surface area (Å²) in [6, 6.07) is 0. The van der Waals surface area contributed by atoms with E-state index in [9.17, 15) is 24.0 Å². The van der Waals surface area contributed by atoms with E-state index >= 15 is 0 Å². The van der Waals surface area contributed by atoms with Gasteiger partial charge in [-0.15, -0.1) is 0 Å². The summed E-state index contributed by atoms with van der Waals surface area (Å²) in [7, 11) is 0. The van der Waals surface area contributed by atoms with Crippen LogP contribution in [-0.2, 0) is 42.9 Å². The van der Waals surface area contributed by atoms with Crippen molar-refractivity contribution in [3.05, 3.63) is 0 Å². The van der Waals surface area contributed by atoms with Crippen molar-refractivity contribution in [1.29, 1.82) is 0 Å². The molecule has 0 saturated heterocycles. The number of rotatable bonds is 28. The number of hydrogen-bond donors (Lipinski definition) is 0.